The lowest BCUT2D eigenvalue weighted by Gasteiger charge is -2.44. The monoisotopic (exact) mass is 369 g/mol. The first kappa shape index (κ1) is 17.2. The molecule has 0 radical (unpaired) electrons. The first-order valence-corrected chi connectivity index (χ1v) is 9.79. The van der Waals surface area contributed by atoms with E-state index < -0.39 is 14.8 Å². The smallest absolute Gasteiger partial charge is 0.261 e. The number of carbonyl (C=O) groups excluding carboxylic acids is 1. The van der Waals surface area contributed by atoms with E-state index in [0.717, 1.165) is 0 Å². The average Bonchev–Trinajstić information content (AvgIpc) is 2.54. The lowest BCUT2D eigenvalue weighted by atomic mass is 9.93. The van der Waals surface area contributed by atoms with E-state index in [9.17, 15) is 13.2 Å². The number of hydrogen-bond donors (Lipinski definition) is 0. The van der Waals surface area contributed by atoms with E-state index in [-0.39, 0.29) is 17.2 Å². The Morgan fingerprint density at radius 2 is 2.04 bits per heavy atom. The Balaban J connectivity index is 2.15. The Morgan fingerprint density at radius 3 is 2.67 bits per heavy atom. The van der Waals surface area contributed by atoms with Crippen molar-refractivity contribution in [1.82, 2.24) is 0 Å². The van der Waals surface area contributed by atoms with Crippen LogP contribution in [-0.4, -0.2) is 34.1 Å². The van der Waals surface area contributed by atoms with Crippen LogP contribution >= 0.6 is 10.7 Å². The Bertz CT molecular complexity index is 808. The van der Waals surface area contributed by atoms with Crippen molar-refractivity contribution < 1.29 is 22.7 Å². The van der Waals surface area contributed by atoms with Crippen LogP contribution in [0.2, 0.25) is 0 Å². The number of amides is 1. The molecule has 0 atom stereocenters. The lowest BCUT2D eigenvalue weighted by molar-refractivity contribution is -0.277. The first-order chi connectivity index (χ1) is 11.4. The van der Waals surface area contributed by atoms with Crippen molar-refractivity contribution in [3.63, 3.8) is 0 Å². The van der Waals surface area contributed by atoms with Crippen LogP contribution in [0.5, 0.6) is 0 Å². The van der Waals surface area contributed by atoms with Crippen LogP contribution in [0.4, 0.5) is 5.69 Å². The molecule has 2 aliphatic rings. The van der Waals surface area contributed by atoms with Crippen molar-refractivity contribution in [2.75, 3.05) is 24.7 Å². The molecule has 2 aliphatic heterocycles. The molecule has 1 amide bonds. The molecule has 0 N–H and O–H groups in total. The van der Waals surface area contributed by atoms with Gasteiger partial charge in [0.2, 0.25) is 11.7 Å². The van der Waals surface area contributed by atoms with Crippen molar-refractivity contribution >= 4 is 31.3 Å². The van der Waals surface area contributed by atoms with Crippen molar-refractivity contribution in [2.24, 2.45) is 0 Å². The summed E-state index contributed by atoms with van der Waals surface area (Å²) in [6, 6.07) is 4.32. The molecule has 0 aliphatic carbocycles. The molecule has 3 rings (SSSR count). The van der Waals surface area contributed by atoms with Gasteiger partial charge >= 0.3 is 0 Å². The van der Waals surface area contributed by atoms with Crippen LogP contribution in [0.15, 0.2) is 23.1 Å². The maximum absolute atomic E-state index is 12.6. The predicted molar refractivity (Wildman–Crippen MR) is 88.1 cm³/mol. The Hall–Kier alpha value is -1.59. The van der Waals surface area contributed by atoms with Gasteiger partial charge in [0.25, 0.3) is 9.05 Å². The molecule has 24 heavy (non-hydrogen) atoms. The molecule has 1 fully saturated rings. The van der Waals surface area contributed by atoms with Gasteiger partial charge in [0.1, 0.15) is 0 Å². The number of benzene rings is 1. The van der Waals surface area contributed by atoms with E-state index in [1.54, 1.807) is 6.07 Å². The summed E-state index contributed by atoms with van der Waals surface area (Å²) in [6.07, 6.45) is 6.36. The van der Waals surface area contributed by atoms with Crippen LogP contribution < -0.4 is 4.90 Å². The minimum Gasteiger partial charge on any atom is -0.345 e. The maximum atomic E-state index is 12.6. The fourth-order valence-electron chi connectivity index (χ4n) is 2.99. The highest BCUT2D eigenvalue weighted by molar-refractivity contribution is 8.13. The molecule has 1 saturated heterocycles. The van der Waals surface area contributed by atoms with E-state index in [2.05, 4.69) is 5.92 Å². The van der Waals surface area contributed by atoms with Crippen molar-refractivity contribution in [3.05, 3.63) is 23.8 Å². The molecular weight excluding hydrogens is 354 g/mol. The van der Waals surface area contributed by atoms with Crippen molar-refractivity contribution in [3.8, 4) is 12.3 Å². The summed E-state index contributed by atoms with van der Waals surface area (Å²) in [5.41, 5.74) is 1.02. The number of ether oxygens (including phenoxy) is 2. The summed E-state index contributed by atoms with van der Waals surface area (Å²) in [5.74, 6) is 1.05. The zero-order valence-corrected chi connectivity index (χ0v) is 14.4. The zero-order valence-electron chi connectivity index (χ0n) is 12.8. The third-order valence-electron chi connectivity index (χ3n) is 4.07. The molecule has 8 heteroatoms. The molecule has 1 aromatic rings. The van der Waals surface area contributed by atoms with Gasteiger partial charge in [-0.2, -0.15) is 0 Å². The number of fused-ring (bicyclic) bond motifs is 2. The van der Waals surface area contributed by atoms with Gasteiger partial charge in [-0.1, -0.05) is 0 Å². The van der Waals surface area contributed by atoms with Crippen LogP contribution in [-0.2, 0) is 29.1 Å². The fourth-order valence-corrected chi connectivity index (χ4v) is 3.76. The number of carbonyl (C=O) groups is 1. The summed E-state index contributed by atoms with van der Waals surface area (Å²) in [7, 11) is 1.55. The molecule has 1 aromatic carbocycles. The average molecular weight is 370 g/mol. The lowest BCUT2D eigenvalue weighted by Crippen LogP contribution is -2.49. The predicted octanol–water partition coefficient (Wildman–Crippen LogP) is 1.96. The molecule has 6 nitrogen and oxygen atoms in total. The molecule has 0 aromatic heterocycles. The number of halogens is 1. The minimum atomic E-state index is -3.91. The van der Waals surface area contributed by atoms with E-state index >= 15 is 0 Å². The molecule has 1 spiro atoms. The van der Waals surface area contributed by atoms with Gasteiger partial charge in [0.15, 0.2) is 0 Å². The van der Waals surface area contributed by atoms with E-state index in [0.29, 0.717) is 43.9 Å². The van der Waals surface area contributed by atoms with Gasteiger partial charge in [0, 0.05) is 29.2 Å². The minimum absolute atomic E-state index is 0.0314. The molecule has 128 valence electrons. The Kier molecular flexibility index (Phi) is 4.58. The van der Waals surface area contributed by atoms with Crippen molar-refractivity contribution in [1.29, 1.82) is 0 Å². The van der Waals surface area contributed by atoms with Crippen LogP contribution in [0.25, 0.3) is 0 Å². The van der Waals surface area contributed by atoms with Crippen LogP contribution in [0.1, 0.15) is 24.8 Å². The second-order valence-electron chi connectivity index (χ2n) is 5.60. The second-order valence-corrected chi connectivity index (χ2v) is 8.16. The van der Waals surface area contributed by atoms with Gasteiger partial charge in [0.05, 0.1) is 30.2 Å². The Labute approximate surface area is 145 Å². The van der Waals surface area contributed by atoms with Crippen LogP contribution in [0, 0.1) is 12.3 Å². The fraction of sp³-hybridized carbons (Fsp3) is 0.438. The quantitative estimate of drug-likeness (QED) is 0.601. The zero-order chi connectivity index (χ0) is 17.4. The summed E-state index contributed by atoms with van der Waals surface area (Å²) in [4.78, 5) is 14.0. The van der Waals surface area contributed by atoms with E-state index in [1.807, 2.05) is 0 Å². The number of anilines is 1. The molecule has 2 heterocycles. The SMILES string of the molecule is C#CCCN1C(=O)CC2(OCCCO2)c2cc(S(=O)(=O)Cl)ccc21. The van der Waals surface area contributed by atoms with Crippen molar-refractivity contribution in [2.45, 2.75) is 29.9 Å². The van der Waals surface area contributed by atoms with E-state index in [4.69, 9.17) is 26.6 Å². The van der Waals surface area contributed by atoms with Crippen LogP contribution in [0.3, 0.4) is 0 Å². The summed E-state index contributed by atoms with van der Waals surface area (Å²) in [5, 5.41) is 0. The third-order valence-corrected chi connectivity index (χ3v) is 5.43. The van der Waals surface area contributed by atoms with Gasteiger partial charge < -0.3 is 14.4 Å². The molecule has 0 bridgehead atoms. The van der Waals surface area contributed by atoms with Gasteiger partial charge in [-0.25, -0.2) is 8.42 Å². The largest absolute Gasteiger partial charge is 0.345 e. The number of nitrogens with zero attached hydrogens (tertiary/aromatic N) is 1. The molecule has 0 saturated carbocycles. The topological polar surface area (TPSA) is 72.9 Å². The van der Waals surface area contributed by atoms with E-state index in [1.165, 1.54) is 17.0 Å². The van der Waals surface area contributed by atoms with Gasteiger partial charge in [-0.05, 0) is 24.6 Å². The highest BCUT2D eigenvalue weighted by Crippen LogP contribution is 2.45. The normalized spacial score (nSPS) is 19.8. The maximum Gasteiger partial charge on any atom is 0.261 e. The number of terminal acetylenes is 1. The molecular formula is C16H16ClNO5S. The molecule has 0 unspecified atom stereocenters. The highest BCUT2D eigenvalue weighted by atomic mass is 35.7. The summed E-state index contributed by atoms with van der Waals surface area (Å²) in [6.45, 7) is 1.19. The number of hydrogen-bond acceptors (Lipinski definition) is 5. The standard InChI is InChI=1S/C16H16ClNO5S/c1-2-3-7-18-14-6-5-12(24(17,20)21)10-13(14)16(11-15(18)19)22-8-4-9-23-16/h1,5-6,10H,3-4,7-9,11H2. The summed E-state index contributed by atoms with van der Waals surface area (Å²) >= 11 is 0. The second kappa shape index (κ2) is 6.37. The van der Waals surface area contributed by atoms with Gasteiger partial charge in [-0.15, -0.1) is 12.3 Å². The number of rotatable bonds is 3. The third kappa shape index (κ3) is 3.03. The highest BCUT2D eigenvalue weighted by Gasteiger charge is 2.47. The first-order valence-electron chi connectivity index (χ1n) is 7.48. The Morgan fingerprint density at radius 1 is 1.33 bits per heavy atom. The van der Waals surface area contributed by atoms with Gasteiger partial charge in [-0.3, -0.25) is 4.79 Å². The summed E-state index contributed by atoms with van der Waals surface area (Å²) < 4.78 is 34.9.